The van der Waals surface area contributed by atoms with E-state index in [1.165, 1.54) is 16.4 Å². The molecule has 0 saturated carbocycles. The van der Waals surface area contributed by atoms with Crippen molar-refractivity contribution < 1.29 is 17.9 Å². The summed E-state index contributed by atoms with van der Waals surface area (Å²) in [6, 6.07) is 4.49. The normalized spacial score (nSPS) is 22.8. The highest BCUT2D eigenvalue weighted by atomic mass is 35.5. The van der Waals surface area contributed by atoms with Crippen molar-refractivity contribution in [2.45, 2.75) is 24.7 Å². The van der Waals surface area contributed by atoms with Crippen molar-refractivity contribution in [2.24, 2.45) is 5.92 Å². The first-order valence-corrected chi connectivity index (χ1v) is 10.4. The lowest BCUT2D eigenvalue weighted by atomic mass is 10.0. The van der Waals surface area contributed by atoms with Gasteiger partial charge in [0.05, 0.1) is 18.2 Å². The molecule has 8 heteroatoms. The smallest absolute Gasteiger partial charge is 0.254 e. The van der Waals surface area contributed by atoms with Crippen LogP contribution in [0.2, 0.25) is 5.02 Å². The Morgan fingerprint density at radius 3 is 2.64 bits per heavy atom. The number of benzene rings is 1. The van der Waals surface area contributed by atoms with E-state index >= 15 is 0 Å². The summed E-state index contributed by atoms with van der Waals surface area (Å²) >= 11 is 6.18. The second kappa shape index (κ2) is 7.61. The summed E-state index contributed by atoms with van der Waals surface area (Å²) in [5.74, 6) is 0.129. The van der Waals surface area contributed by atoms with Crippen LogP contribution >= 0.6 is 11.6 Å². The third-order valence-electron chi connectivity index (χ3n) is 4.71. The predicted octanol–water partition coefficient (Wildman–Crippen LogP) is 2.23. The van der Waals surface area contributed by atoms with E-state index in [0.29, 0.717) is 50.9 Å². The van der Waals surface area contributed by atoms with Crippen LogP contribution in [0.1, 0.15) is 30.1 Å². The van der Waals surface area contributed by atoms with Crippen molar-refractivity contribution in [2.75, 3.05) is 39.4 Å². The molecule has 2 saturated heterocycles. The lowest BCUT2D eigenvalue weighted by Gasteiger charge is -2.30. The van der Waals surface area contributed by atoms with Gasteiger partial charge in [0.25, 0.3) is 5.91 Å². The van der Waals surface area contributed by atoms with E-state index in [1.54, 1.807) is 11.0 Å². The second-order valence-electron chi connectivity index (χ2n) is 6.66. The highest BCUT2D eigenvalue weighted by Crippen LogP contribution is 2.29. The average Bonchev–Trinajstić information content (AvgIpc) is 2.62. The third-order valence-corrected chi connectivity index (χ3v) is 7.06. The number of sulfonamides is 1. The SMILES string of the molecule is CC1CCCN(S(=O)(=O)c2cc(C(=O)N3CCOCC3)ccc2Cl)C1. The van der Waals surface area contributed by atoms with E-state index in [0.717, 1.165) is 12.8 Å². The molecule has 6 nitrogen and oxygen atoms in total. The van der Waals surface area contributed by atoms with Crippen LogP contribution in [-0.4, -0.2) is 62.9 Å². The van der Waals surface area contributed by atoms with Crippen LogP contribution in [-0.2, 0) is 14.8 Å². The number of piperidine rings is 1. The van der Waals surface area contributed by atoms with Gasteiger partial charge in [-0.1, -0.05) is 18.5 Å². The fourth-order valence-corrected chi connectivity index (χ4v) is 5.39. The lowest BCUT2D eigenvalue weighted by Crippen LogP contribution is -2.41. The summed E-state index contributed by atoms with van der Waals surface area (Å²) in [6.07, 6.45) is 1.86. The number of hydrogen-bond donors (Lipinski definition) is 0. The Hall–Kier alpha value is -1.15. The molecule has 1 unspecified atom stereocenters. The Bertz CT molecular complexity index is 747. The molecule has 1 atom stereocenters. The highest BCUT2D eigenvalue weighted by molar-refractivity contribution is 7.89. The summed E-state index contributed by atoms with van der Waals surface area (Å²) in [5.41, 5.74) is 0.343. The molecule has 1 amide bonds. The van der Waals surface area contributed by atoms with Gasteiger partial charge in [-0.3, -0.25) is 4.79 Å². The Labute approximate surface area is 153 Å². The fraction of sp³-hybridized carbons (Fsp3) is 0.588. The van der Waals surface area contributed by atoms with Crippen LogP contribution in [0.4, 0.5) is 0 Å². The van der Waals surface area contributed by atoms with Crippen molar-refractivity contribution in [3.8, 4) is 0 Å². The molecule has 1 aromatic rings. The monoisotopic (exact) mass is 386 g/mol. The topological polar surface area (TPSA) is 66.9 Å². The van der Waals surface area contributed by atoms with Gasteiger partial charge in [0, 0.05) is 31.7 Å². The van der Waals surface area contributed by atoms with E-state index in [1.807, 2.05) is 6.92 Å². The van der Waals surface area contributed by atoms with Gasteiger partial charge in [-0.25, -0.2) is 8.42 Å². The Balaban J connectivity index is 1.89. The maximum Gasteiger partial charge on any atom is 0.254 e. The molecular weight excluding hydrogens is 364 g/mol. The van der Waals surface area contributed by atoms with Gasteiger partial charge in [0.15, 0.2) is 0 Å². The van der Waals surface area contributed by atoms with Gasteiger partial charge in [-0.2, -0.15) is 4.31 Å². The number of amides is 1. The Kier molecular flexibility index (Phi) is 5.68. The molecule has 2 aliphatic rings. The molecule has 3 rings (SSSR count). The van der Waals surface area contributed by atoms with Crippen molar-refractivity contribution in [3.05, 3.63) is 28.8 Å². The van der Waals surface area contributed by atoms with Gasteiger partial charge in [0.2, 0.25) is 10.0 Å². The van der Waals surface area contributed by atoms with Crippen LogP contribution in [0.15, 0.2) is 23.1 Å². The standard InChI is InChI=1S/C17H23ClN2O4S/c1-13-3-2-6-20(12-13)25(22,23)16-11-14(4-5-15(16)18)17(21)19-7-9-24-10-8-19/h4-5,11,13H,2-3,6-10,12H2,1H3. The quantitative estimate of drug-likeness (QED) is 0.799. The van der Waals surface area contributed by atoms with Crippen LogP contribution in [0, 0.1) is 5.92 Å². The van der Waals surface area contributed by atoms with Gasteiger partial charge >= 0.3 is 0 Å². The minimum Gasteiger partial charge on any atom is -0.378 e. The summed E-state index contributed by atoms with van der Waals surface area (Å²) in [4.78, 5) is 14.3. The molecule has 2 aliphatic heterocycles. The van der Waals surface area contributed by atoms with Crippen molar-refractivity contribution in [1.29, 1.82) is 0 Å². The maximum absolute atomic E-state index is 13.0. The molecule has 0 aliphatic carbocycles. The zero-order chi connectivity index (χ0) is 18.0. The van der Waals surface area contributed by atoms with E-state index in [2.05, 4.69) is 0 Å². The largest absolute Gasteiger partial charge is 0.378 e. The average molecular weight is 387 g/mol. The van der Waals surface area contributed by atoms with E-state index in [4.69, 9.17) is 16.3 Å². The van der Waals surface area contributed by atoms with Crippen molar-refractivity contribution in [1.82, 2.24) is 9.21 Å². The second-order valence-corrected chi connectivity index (χ2v) is 8.97. The number of morpholine rings is 1. The molecule has 25 heavy (non-hydrogen) atoms. The lowest BCUT2D eigenvalue weighted by molar-refractivity contribution is 0.0302. The first kappa shape index (κ1) is 18.6. The summed E-state index contributed by atoms with van der Waals surface area (Å²) < 4.78 is 32.7. The molecule has 2 fully saturated rings. The third kappa shape index (κ3) is 4.00. The summed E-state index contributed by atoms with van der Waals surface area (Å²) in [6.45, 7) is 5.03. The van der Waals surface area contributed by atoms with Crippen LogP contribution in [0.3, 0.4) is 0 Å². The Morgan fingerprint density at radius 1 is 1.24 bits per heavy atom. The summed E-state index contributed by atoms with van der Waals surface area (Å²) in [5, 5.41) is 0.150. The number of ether oxygens (including phenoxy) is 1. The predicted molar refractivity (Wildman–Crippen MR) is 95.3 cm³/mol. The summed E-state index contributed by atoms with van der Waals surface area (Å²) in [7, 11) is -3.71. The van der Waals surface area contributed by atoms with Crippen LogP contribution in [0.5, 0.6) is 0 Å². The van der Waals surface area contributed by atoms with Crippen LogP contribution < -0.4 is 0 Å². The number of rotatable bonds is 3. The molecule has 0 N–H and O–H groups in total. The van der Waals surface area contributed by atoms with E-state index < -0.39 is 10.0 Å². The number of carbonyl (C=O) groups is 1. The molecule has 1 aromatic carbocycles. The van der Waals surface area contributed by atoms with Gasteiger partial charge < -0.3 is 9.64 Å². The zero-order valence-corrected chi connectivity index (χ0v) is 15.9. The zero-order valence-electron chi connectivity index (χ0n) is 14.3. The first-order chi connectivity index (χ1) is 11.9. The van der Waals surface area contributed by atoms with Crippen molar-refractivity contribution in [3.63, 3.8) is 0 Å². The van der Waals surface area contributed by atoms with Crippen LogP contribution in [0.25, 0.3) is 0 Å². The highest BCUT2D eigenvalue weighted by Gasteiger charge is 2.31. The Morgan fingerprint density at radius 2 is 1.96 bits per heavy atom. The maximum atomic E-state index is 13.0. The molecule has 0 aromatic heterocycles. The minimum absolute atomic E-state index is 0.0161. The first-order valence-electron chi connectivity index (χ1n) is 8.56. The molecule has 0 bridgehead atoms. The molecular formula is C17H23ClN2O4S. The van der Waals surface area contributed by atoms with E-state index in [9.17, 15) is 13.2 Å². The number of carbonyl (C=O) groups excluding carboxylic acids is 1. The number of hydrogen-bond acceptors (Lipinski definition) is 4. The number of nitrogens with zero attached hydrogens (tertiary/aromatic N) is 2. The molecule has 0 spiro atoms. The molecule has 2 heterocycles. The van der Waals surface area contributed by atoms with Crippen molar-refractivity contribution >= 4 is 27.5 Å². The number of halogens is 1. The van der Waals surface area contributed by atoms with E-state index in [-0.39, 0.29) is 15.8 Å². The fourth-order valence-electron chi connectivity index (χ4n) is 3.29. The molecule has 0 radical (unpaired) electrons. The van der Waals surface area contributed by atoms with Gasteiger partial charge in [-0.05, 0) is 37.0 Å². The van der Waals surface area contributed by atoms with Gasteiger partial charge in [-0.15, -0.1) is 0 Å². The minimum atomic E-state index is -3.71. The van der Waals surface area contributed by atoms with Gasteiger partial charge in [0.1, 0.15) is 4.90 Å². The molecule has 138 valence electrons.